The lowest BCUT2D eigenvalue weighted by molar-refractivity contribution is -0.123. The van der Waals surface area contributed by atoms with Gasteiger partial charge in [0.1, 0.15) is 0 Å². The molecule has 0 aliphatic carbocycles. The number of amides is 2. The van der Waals surface area contributed by atoms with E-state index in [1.165, 1.54) is 0 Å². The Bertz CT molecular complexity index is 582. The maximum atomic E-state index is 12.7. The molecule has 1 saturated heterocycles. The van der Waals surface area contributed by atoms with Crippen molar-refractivity contribution in [2.45, 2.75) is 46.8 Å². The number of hydrogen-bond donors (Lipinski definition) is 1. The van der Waals surface area contributed by atoms with Crippen LogP contribution in [-0.2, 0) is 9.53 Å². The van der Waals surface area contributed by atoms with Gasteiger partial charge < -0.3 is 15.0 Å². The third-order valence-corrected chi connectivity index (χ3v) is 3.76. The molecule has 1 aromatic carbocycles. The highest BCUT2D eigenvalue weighted by atomic mass is 16.5. The molecule has 1 aliphatic heterocycles. The summed E-state index contributed by atoms with van der Waals surface area (Å²) in [5, 5.41) is 2.86. The van der Waals surface area contributed by atoms with Gasteiger partial charge in [0.2, 0.25) is 5.91 Å². The van der Waals surface area contributed by atoms with Gasteiger partial charge in [0.15, 0.2) is 0 Å². The molecule has 126 valence electrons. The van der Waals surface area contributed by atoms with Gasteiger partial charge in [-0.15, -0.1) is 0 Å². The lowest BCUT2D eigenvalue weighted by Crippen LogP contribution is -2.48. The second-order valence-corrected chi connectivity index (χ2v) is 7.25. The van der Waals surface area contributed by atoms with Gasteiger partial charge in [0.25, 0.3) is 5.91 Å². The molecule has 23 heavy (non-hydrogen) atoms. The minimum atomic E-state index is -0.477. The summed E-state index contributed by atoms with van der Waals surface area (Å²) in [4.78, 5) is 26.6. The fourth-order valence-electron chi connectivity index (χ4n) is 2.57. The predicted molar refractivity (Wildman–Crippen MR) is 90.4 cm³/mol. The number of rotatable bonds is 2. The van der Waals surface area contributed by atoms with Crippen molar-refractivity contribution in [2.24, 2.45) is 5.41 Å². The van der Waals surface area contributed by atoms with Crippen LogP contribution in [0.25, 0.3) is 0 Å². The summed E-state index contributed by atoms with van der Waals surface area (Å²) in [5.41, 5.74) is 0.748. The zero-order valence-corrected chi connectivity index (χ0v) is 14.6. The monoisotopic (exact) mass is 318 g/mol. The van der Waals surface area contributed by atoms with E-state index in [0.29, 0.717) is 24.3 Å². The highest BCUT2D eigenvalue weighted by Crippen LogP contribution is 2.20. The Balaban J connectivity index is 2.13. The molecule has 0 radical (unpaired) electrons. The number of nitrogens with one attached hydrogen (secondary N) is 1. The summed E-state index contributed by atoms with van der Waals surface area (Å²) < 4.78 is 5.67. The normalized spacial score (nSPS) is 21.9. The van der Waals surface area contributed by atoms with Gasteiger partial charge in [-0.2, -0.15) is 0 Å². The standard InChI is InChI=1S/C18H26N2O3/c1-12-10-20(11-13(2)23-12)16(21)14-7-6-8-15(9-14)19-17(22)18(3,4)5/h6-9,12-13H,10-11H2,1-5H3,(H,19,22)/t12-,13-/m0/s1. The number of carbonyl (C=O) groups is 2. The van der Waals surface area contributed by atoms with Crippen molar-refractivity contribution in [3.05, 3.63) is 29.8 Å². The van der Waals surface area contributed by atoms with E-state index in [0.717, 1.165) is 0 Å². The number of anilines is 1. The largest absolute Gasteiger partial charge is 0.372 e. The summed E-state index contributed by atoms with van der Waals surface area (Å²) in [6, 6.07) is 7.10. The molecule has 5 nitrogen and oxygen atoms in total. The molecule has 2 amide bonds. The fourth-order valence-corrected chi connectivity index (χ4v) is 2.57. The first-order chi connectivity index (χ1) is 10.7. The maximum absolute atomic E-state index is 12.7. The van der Waals surface area contributed by atoms with Crippen molar-refractivity contribution >= 4 is 17.5 Å². The minimum Gasteiger partial charge on any atom is -0.372 e. The fraction of sp³-hybridized carbons (Fsp3) is 0.556. The third kappa shape index (κ3) is 4.55. The molecular formula is C18H26N2O3. The van der Waals surface area contributed by atoms with Crippen molar-refractivity contribution in [1.29, 1.82) is 0 Å². The number of nitrogens with zero attached hydrogens (tertiary/aromatic N) is 1. The van der Waals surface area contributed by atoms with Crippen LogP contribution in [0.15, 0.2) is 24.3 Å². The summed E-state index contributed by atoms with van der Waals surface area (Å²) in [7, 11) is 0. The molecular weight excluding hydrogens is 292 g/mol. The smallest absolute Gasteiger partial charge is 0.254 e. The van der Waals surface area contributed by atoms with E-state index in [1.54, 1.807) is 24.3 Å². The number of ether oxygens (including phenoxy) is 1. The molecule has 1 aromatic rings. The van der Waals surface area contributed by atoms with Crippen LogP contribution in [0.3, 0.4) is 0 Å². The molecule has 2 atom stereocenters. The molecule has 2 rings (SSSR count). The summed E-state index contributed by atoms with van der Waals surface area (Å²) >= 11 is 0. The van der Waals surface area contributed by atoms with Crippen molar-refractivity contribution in [3.63, 3.8) is 0 Å². The minimum absolute atomic E-state index is 0.0288. The molecule has 5 heteroatoms. The molecule has 0 bridgehead atoms. The molecule has 1 fully saturated rings. The third-order valence-electron chi connectivity index (χ3n) is 3.76. The summed E-state index contributed by atoms with van der Waals surface area (Å²) in [5.74, 6) is -0.102. The number of morpholine rings is 1. The summed E-state index contributed by atoms with van der Waals surface area (Å²) in [6.07, 6.45) is 0.0675. The van der Waals surface area contributed by atoms with Crippen molar-refractivity contribution in [1.82, 2.24) is 4.90 Å². The van der Waals surface area contributed by atoms with Gasteiger partial charge in [0.05, 0.1) is 12.2 Å². The predicted octanol–water partition coefficient (Wildman–Crippen LogP) is 2.92. The van der Waals surface area contributed by atoms with E-state index in [1.807, 2.05) is 39.5 Å². The first kappa shape index (κ1) is 17.5. The zero-order chi connectivity index (χ0) is 17.2. The van der Waals surface area contributed by atoms with Crippen LogP contribution in [0, 0.1) is 5.41 Å². The highest BCUT2D eigenvalue weighted by molar-refractivity contribution is 5.98. The molecule has 0 unspecified atom stereocenters. The van der Waals surface area contributed by atoms with Gasteiger partial charge in [-0.25, -0.2) is 0 Å². The van der Waals surface area contributed by atoms with E-state index >= 15 is 0 Å². The Kier molecular flexibility index (Phi) is 5.09. The quantitative estimate of drug-likeness (QED) is 0.912. The number of benzene rings is 1. The first-order valence-corrected chi connectivity index (χ1v) is 8.03. The van der Waals surface area contributed by atoms with Gasteiger partial charge in [-0.05, 0) is 32.0 Å². The molecule has 0 saturated carbocycles. The van der Waals surface area contributed by atoms with E-state index in [-0.39, 0.29) is 24.0 Å². The molecule has 0 spiro atoms. The second-order valence-electron chi connectivity index (χ2n) is 7.25. The summed E-state index contributed by atoms with van der Waals surface area (Å²) in [6.45, 7) is 10.7. The maximum Gasteiger partial charge on any atom is 0.254 e. The van der Waals surface area contributed by atoms with E-state index < -0.39 is 5.41 Å². The van der Waals surface area contributed by atoms with Crippen LogP contribution >= 0.6 is 0 Å². The molecule has 0 aromatic heterocycles. The van der Waals surface area contributed by atoms with E-state index in [2.05, 4.69) is 5.32 Å². The Morgan fingerprint density at radius 3 is 2.35 bits per heavy atom. The lowest BCUT2D eigenvalue weighted by Gasteiger charge is -2.35. The number of carbonyl (C=O) groups excluding carboxylic acids is 2. The van der Waals surface area contributed by atoms with Crippen LogP contribution in [0.1, 0.15) is 45.0 Å². The lowest BCUT2D eigenvalue weighted by atomic mass is 9.95. The molecule has 1 N–H and O–H groups in total. The zero-order valence-electron chi connectivity index (χ0n) is 14.6. The van der Waals surface area contributed by atoms with E-state index in [9.17, 15) is 9.59 Å². The van der Waals surface area contributed by atoms with E-state index in [4.69, 9.17) is 4.74 Å². The SMILES string of the molecule is C[C@H]1CN(C(=O)c2cccc(NC(=O)C(C)(C)C)c2)C[C@H](C)O1. The number of hydrogen-bond acceptors (Lipinski definition) is 3. The Labute approximate surface area is 138 Å². The highest BCUT2D eigenvalue weighted by Gasteiger charge is 2.27. The van der Waals surface area contributed by atoms with Crippen molar-refractivity contribution in [3.8, 4) is 0 Å². The van der Waals surface area contributed by atoms with Crippen molar-refractivity contribution in [2.75, 3.05) is 18.4 Å². The van der Waals surface area contributed by atoms with Crippen LogP contribution in [-0.4, -0.2) is 42.0 Å². The van der Waals surface area contributed by atoms with Gasteiger partial charge >= 0.3 is 0 Å². The average Bonchev–Trinajstić information content (AvgIpc) is 2.44. The van der Waals surface area contributed by atoms with Crippen LogP contribution < -0.4 is 5.32 Å². The van der Waals surface area contributed by atoms with Crippen LogP contribution in [0.2, 0.25) is 0 Å². The van der Waals surface area contributed by atoms with Gasteiger partial charge in [-0.3, -0.25) is 9.59 Å². The van der Waals surface area contributed by atoms with Crippen LogP contribution in [0.4, 0.5) is 5.69 Å². The Morgan fingerprint density at radius 2 is 1.78 bits per heavy atom. The van der Waals surface area contributed by atoms with Gasteiger partial charge in [-0.1, -0.05) is 26.8 Å². The Morgan fingerprint density at radius 1 is 1.17 bits per heavy atom. The Hall–Kier alpha value is -1.88. The molecule has 1 heterocycles. The van der Waals surface area contributed by atoms with Gasteiger partial charge in [0, 0.05) is 29.8 Å². The second kappa shape index (κ2) is 6.71. The van der Waals surface area contributed by atoms with Crippen LogP contribution in [0.5, 0.6) is 0 Å². The average molecular weight is 318 g/mol. The first-order valence-electron chi connectivity index (χ1n) is 8.03. The topological polar surface area (TPSA) is 58.6 Å². The van der Waals surface area contributed by atoms with Crippen molar-refractivity contribution < 1.29 is 14.3 Å². The molecule has 1 aliphatic rings.